The van der Waals surface area contributed by atoms with Gasteiger partial charge in [0.15, 0.2) is 11.6 Å². The van der Waals surface area contributed by atoms with Crippen LogP contribution < -0.4 is 20.3 Å². The number of alkyl halides is 2. The third-order valence-corrected chi connectivity index (χ3v) is 7.48. The minimum atomic E-state index is -2.98. The van der Waals surface area contributed by atoms with Crippen LogP contribution in [0.4, 0.5) is 26.4 Å². The Bertz CT molecular complexity index is 993. The predicted octanol–water partition coefficient (Wildman–Crippen LogP) is 2.89. The van der Waals surface area contributed by atoms with E-state index in [0.717, 1.165) is 56.6 Å². The minimum absolute atomic E-state index is 0.0864. The highest BCUT2D eigenvalue weighted by atomic mass is 32.2. The van der Waals surface area contributed by atoms with Gasteiger partial charge in [-0.05, 0) is 19.4 Å². The predicted molar refractivity (Wildman–Crippen MR) is 121 cm³/mol. The normalized spacial score (nSPS) is 22.4. The average Bonchev–Trinajstić information content (AvgIpc) is 3.22. The molecule has 172 valence electrons. The summed E-state index contributed by atoms with van der Waals surface area (Å²) in [6.45, 7) is 3.34. The summed E-state index contributed by atoms with van der Waals surface area (Å²) >= 11 is 1.93. The highest BCUT2D eigenvalue weighted by Crippen LogP contribution is 2.40. The Labute approximate surface area is 189 Å². The van der Waals surface area contributed by atoms with E-state index in [2.05, 4.69) is 26.4 Å². The van der Waals surface area contributed by atoms with Crippen LogP contribution in [0.3, 0.4) is 0 Å². The van der Waals surface area contributed by atoms with Gasteiger partial charge in [-0.25, -0.2) is 9.97 Å². The van der Waals surface area contributed by atoms with Crippen molar-refractivity contribution in [3.8, 4) is 17.0 Å². The van der Waals surface area contributed by atoms with Gasteiger partial charge in [0.1, 0.15) is 5.82 Å². The molecule has 0 radical (unpaired) electrons. The van der Waals surface area contributed by atoms with E-state index in [1.165, 1.54) is 12.3 Å². The van der Waals surface area contributed by atoms with Crippen molar-refractivity contribution in [3.63, 3.8) is 0 Å². The van der Waals surface area contributed by atoms with Crippen LogP contribution in [-0.4, -0.2) is 72.0 Å². The van der Waals surface area contributed by atoms with E-state index in [1.54, 1.807) is 0 Å². The van der Waals surface area contributed by atoms with Crippen LogP contribution in [-0.2, 0) is 4.74 Å². The van der Waals surface area contributed by atoms with Gasteiger partial charge in [0.2, 0.25) is 5.95 Å². The maximum atomic E-state index is 12.8. The fourth-order valence-electron chi connectivity index (χ4n) is 4.44. The zero-order valence-corrected chi connectivity index (χ0v) is 18.7. The molecule has 0 aromatic carbocycles. The van der Waals surface area contributed by atoms with Gasteiger partial charge in [0.05, 0.1) is 18.9 Å². The number of nitrogens with two attached hydrogens (primary N) is 1. The molecule has 3 fully saturated rings. The van der Waals surface area contributed by atoms with Gasteiger partial charge in [-0.2, -0.15) is 25.5 Å². The van der Waals surface area contributed by atoms with E-state index in [1.807, 2.05) is 17.8 Å². The number of ether oxygens (including phenoxy) is 2. The lowest BCUT2D eigenvalue weighted by Crippen LogP contribution is -2.45. The lowest BCUT2D eigenvalue weighted by atomic mass is 9.85. The van der Waals surface area contributed by atoms with Crippen molar-refractivity contribution in [3.05, 3.63) is 18.3 Å². The molecule has 3 aliphatic heterocycles. The molecule has 0 amide bonds. The SMILES string of the molecule is C[C@H]1CSCCN1c1cc(-c2cnc(N)c(OC(F)F)c2)nc(N2CCC3(COC3)C2)n1. The van der Waals surface area contributed by atoms with Crippen molar-refractivity contribution in [2.24, 2.45) is 5.41 Å². The molecule has 1 spiro atoms. The topological polar surface area (TPSA) is 89.6 Å². The Morgan fingerprint density at radius 2 is 2.12 bits per heavy atom. The Balaban J connectivity index is 1.53. The van der Waals surface area contributed by atoms with Gasteiger partial charge in [-0.15, -0.1) is 0 Å². The number of halogens is 2. The van der Waals surface area contributed by atoms with Crippen LogP contribution in [0, 0.1) is 5.41 Å². The molecule has 0 aliphatic carbocycles. The molecule has 5 rings (SSSR count). The van der Waals surface area contributed by atoms with Gasteiger partial charge < -0.3 is 25.0 Å². The van der Waals surface area contributed by atoms with Crippen molar-refractivity contribution >= 4 is 29.3 Å². The molecule has 0 unspecified atom stereocenters. The van der Waals surface area contributed by atoms with Crippen LogP contribution in [0.1, 0.15) is 13.3 Å². The van der Waals surface area contributed by atoms with Crippen molar-refractivity contribution < 1.29 is 18.3 Å². The average molecular weight is 465 g/mol. The second kappa shape index (κ2) is 8.51. The number of nitrogens with zero attached hydrogens (tertiary/aromatic N) is 5. The van der Waals surface area contributed by atoms with E-state index >= 15 is 0 Å². The molecule has 0 bridgehead atoms. The molecule has 8 nitrogen and oxygen atoms in total. The van der Waals surface area contributed by atoms with Gasteiger partial charge in [0.25, 0.3) is 0 Å². The summed E-state index contributed by atoms with van der Waals surface area (Å²) < 4.78 is 35.6. The molecule has 11 heteroatoms. The molecule has 2 aromatic heterocycles. The quantitative estimate of drug-likeness (QED) is 0.717. The smallest absolute Gasteiger partial charge is 0.387 e. The lowest BCUT2D eigenvalue weighted by molar-refractivity contribution is -0.0985. The zero-order valence-electron chi connectivity index (χ0n) is 17.8. The van der Waals surface area contributed by atoms with Gasteiger partial charge in [-0.3, -0.25) is 0 Å². The summed E-state index contributed by atoms with van der Waals surface area (Å²) in [5.41, 5.74) is 7.08. The van der Waals surface area contributed by atoms with Crippen molar-refractivity contribution in [2.75, 3.05) is 59.9 Å². The molecule has 1 atom stereocenters. The van der Waals surface area contributed by atoms with Crippen LogP contribution in [0.15, 0.2) is 18.3 Å². The largest absolute Gasteiger partial charge is 0.431 e. The Kier molecular flexibility index (Phi) is 5.70. The summed E-state index contributed by atoms with van der Waals surface area (Å²) in [7, 11) is 0. The summed E-state index contributed by atoms with van der Waals surface area (Å²) in [6, 6.07) is 3.69. The Morgan fingerprint density at radius 1 is 1.28 bits per heavy atom. The second-order valence-electron chi connectivity index (χ2n) is 8.68. The number of anilines is 3. The first-order valence-electron chi connectivity index (χ1n) is 10.7. The van der Waals surface area contributed by atoms with E-state index in [4.69, 9.17) is 20.4 Å². The standard InChI is InChI=1S/C21H26F2N6O2S/c1-13-9-32-5-4-29(13)17-7-15(14-6-16(31-19(22)23)18(24)25-8-14)26-20(27-17)28-3-2-21(10-28)11-30-12-21/h6-8,13,19H,2-5,9-12H2,1H3,(H2,24,25)/t13-/m0/s1. The van der Waals surface area contributed by atoms with Crippen LogP contribution >= 0.6 is 11.8 Å². The van der Waals surface area contributed by atoms with Crippen molar-refractivity contribution in [1.29, 1.82) is 0 Å². The Hall–Kier alpha value is -2.40. The van der Waals surface area contributed by atoms with Crippen molar-refractivity contribution in [1.82, 2.24) is 15.0 Å². The fraction of sp³-hybridized carbons (Fsp3) is 0.571. The van der Waals surface area contributed by atoms with Crippen molar-refractivity contribution in [2.45, 2.75) is 26.0 Å². The number of hydrogen-bond donors (Lipinski definition) is 1. The minimum Gasteiger partial charge on any atom is -0.431 e. The second-order valence-corrected chi connectivity index (χ2v) is 9.83. The van der Waals surface area contributed by atoms with E-state index in [0.29, 0.717) is 23.2 Å². The first-order valence-corrected chi connectivity index (χ1v) is 11.8. The Morgan fingerprint density at radius 3 is 2.81 bits per heavy atom. The van der Waals surface area contributed by atoms with Gasteiger partial charge in [-0.1, -0.05) is 0 Å². The van der Waals surface area contributed by atoms with Gasteiger partial charge in [0, 0.05) is 60.4 Å². The third kappa shape index (κ3) is 4.15. The van der Waals surface area contributed by atoms with Gasteiger partial charge >= 0.3 is 6.61 Å². The maximum absolute atomic E-state index is 12.8. The lowest BCUT2D eigenvalue weighted by Gasteiger charge is -2.38. The number of thioether (sulfide) groups is 1. The monoisotopic (exact) mass is 464 g/mol. The summed E-state index contributed by atoms with van der Waals surface area (Å²) in [6.07, 6.45) is 2.58. The number of aromatic nitrogens is 3. The van der Waals surface area contributed by atoms with Crippen LogP contribution in [0.2, 0.25) is 0 Å². The van der Waals surface area contributed by atoms with E-state index in [9.17, 15) is 8.78 Å². The maximum Gasteiger partial charge on any atom is 0.387 e. The number of rotatable bonds is 5. The molecule has 3 aliphatic rings. The number of pyridine rings is 1. The summed E-state index contributed by atoms with van der Waals surface area (Å²) in [5, 5.41) is 0. The molecule has 0 saturated carbocycles. The van der Waals surface area contributed by atoms with Crippen LogP contribution in [0.25, 0.3) is 11.3 Å². The molecule has 32 heavy (non-hydrogen) atoms. The number of hydrogen-bond acceptors (Lipinski definition) is 9. The summed E-state index contributed by atoms with van der Waals surface area (Å²) in [5.74, 6) is 3.27. The first-order chi connectivity index (χ1) is 15.4. The molecule has 3 saturated heterocycles. The molecular weight excluding hydrogens is 438 g/mol. The van der Waals surface area contributed by atoms with Crippen LogP contribution in [0.5, 0.6) is 5.75 Å². The molecular formula is C21H26F2N6O2S. The molecule has 2 aromatic rings. The molecule has 2 N–H and O–H groups in total. The van der Waals surface area contributed by atoms with E-state index in [-0.39, 0.29) is 17.0 Å². The highest BCUT2D eigenvalue weighted by Gasteiger charge is 2.45. The molecule has 5 heterocycles. The van der Waals surface area contributed by atoms with E-state index < -0.39 is 6.61 Å². The third-order valence-electron chi connectivity index (χ3n) is 6.29. The zero-order chi connectivity index (χ0) is 22.3. The fourth-order valence-corrected chi connectivity index (χ4v) is 5.46. The number of nitrogen functional groups attached to an aromatic ring is 1. The highest BCUT2D eigenvalue weighted by molar-refractivity contribution is 7.99. The summed E-state index contributed by atoms with van der Waals surface area (Å²) in [4.78, 5) is 18.2. The first kappa shape index (κ1) is 21.4.